The fourth-order valence-electron chi connectivity index (χ4n) is 2.34. The Morgan fingerprint density at radius 1 is 1.37 bits per heavy atom. The Bertz CT molecular complexity index is 558. The van der Waals surface area contributed by atoms with Crippen LogP contribution in [0.1, 0.15) is 30.1 Å². The molecular formula is C15H17N3O. The molecule has 2 N–H and O–H groups in total. The molecule has 2 heterocycles. The molecule has 0 fully saturated rings. The van der Waals surface area contributed by atoms with Crippen LogP contribution < -0.4 is 10.5 Å². The van der Waals surface area contributed by atoms with Crippen LogP contribution in [-0.2, 0) is 12.8 Å². The molecule has 0 aliphatic carbocycles. The number of rotatable bonds is 3. The van der Waals surface area contributed by atoms with Crippen molar-refractivity contribution < 1.29 is 4.74 Å². The van der Waals surface area contributed by atoms with Crippen LogP contribution in [0.3, 0.4) is 0 Å². The van der Waals surface area contributed by atoms with Gasteiger partial charge in [-0.3, -0.25) is 0 Å². The molecule has 0 saturated carbocycles. The standard InChI is InChI=1S/C15H17N3O/c1-10(16)8-12-6-7-17-15(18-12)14-9-11-4-2-3-5-13(11)19-14/h2-7,10,14H,8-9,16H2,1H3. The molecule has 0 bridgehead atoms. The minimum atomic E-state index is -0.0783. The van der Waals surface area contributed by atoms with Crippen molar-refractivity contribution in [1.29, 1.82) is 0 Å². The quantitative estimate of drug-likeness (QED) is 0.911. The highest BCUT2D eigenvalue weighted by atomic mass is 16.5. The van der Waals surface area contributed by atoms with Crippen molar-refractivity contribution in [2.45, 2.75) is 31.9 Å². The fraction of sp³-hybridized carbons (Fsp3) is 0.333. The van der Waals surface area contributed by atoms with Crippen molar-refractivity contribution in [3.8, 4) is 5.75 Å². The molecular weight excluding hydrogens is 238 g/mol. The molecule has 0 radical (unpaired) electrons. The monoisotopic (exact) mass is 255 g/mol. The molecule has 0 amide bonds. The zero-order valence-electron chi connectivity index (χ0n) is 10.9. The summed E-state index contributed by atoms with van der Waals surface area (Å²) in [5.41, 5.74) is 7.99. The van der Waals surface area contributed by atoms with Crippen molar-refractivity contribution in [3.63, 3.8) is 0 Å². The topological polar surface area (TPSA) is 61.0 Å². The van der Waals surface area contributed by atoms with Crippen molar-refractivity contribution in [3.05, 3.63) is 53.6 Å². The third-order valence-corrected chi connectivity index (χ3v) is 3.20. The number of benzene rings is 1. The lowest BCUT2D eigenvalue weighted by atomic mass is 10.1. The summed E-state index contributed by atoms with van der Waals surface area (Å²) < 4.78 is 5.90. The maximum Gasteiger partial charge on any atom is 0.169 e. The van der Waals surface area contributed by atoms with Gasteiger partial charge in [-0.2, -0.15) is 0 Å². The Labute approximate surface area is 112 Å². The number of aromatic nitrogens is 2. The number of fused-ring (bicyclic) bond motifs is 1. The summed E-state index contributed by atoms with van der Waals surface area (Å²) in [5.74, 6) is 1.68. The molecule has 1 aliphatic heterocycles. The molecule has 1 aromatic carbocycles. The summed E-state index contributed by atoms with van der Waals surface area (Å²) in [6, 6.07) is 10.1. The van der Waals surface area contributed by atoms with Crippen LogP contribution in [0, 0.1) is 0 Å². The third-order valence-electron chi connectivity index (χ3n) is 3.20. The van der Waals surface area contributed by atoms with Gasteiger partial charge in [0.1, 0.15) is 5.75 Å². The van der Waals surface area contributed by atoms with Crippen molar-refractivity contribution in [2.24, 2.45) is 5.73 Å². The van der Waals surface area contributed by atoms with Crippen LogP contribution in [-0.4, -0.2) is 16.0 Å². The van der Waals surface area contributed by atoms with Gasteiger partial charge in [0, 0.05) is 30.8 Å². The molecule has 2 atom stereocenters. The van der Waals surface area contributed by atoms with Crippen LogP contribution in [0.15, 0.2) is 36.5 Å². The number of nitrogens with zero attached hydrogens (tertiary/aromatic N) is 2. The van der Waals surface area contributed by atoms with E-state index in [0.717, 1.165) is 30.1 Å². The number of hydrogen-bond donors (Lipinski definition) is 1. The van der Waals surface area contributed by atoms with Gasteiger partial charge in [-0.25, -0.2) is 9.97 Å². The predicted octanol–water partition coefficient (Wildman–Crippen LogP) is 2.04. The van der Waals surface area contributed by atoms with Crippen molar-refractivity contribution >= 4 is 0 Å². The van der Waals surface area contributed by atoms with E-state index in [1.807, 2.05) is 31.2 Å². The van der Waals surface area contributed by atoms with Gasteiger partial charge in [-0.1, -0.05) is 18.2 Å². The van der Waals surface area contributed by atoms with Gasteiger partial charge < -0.3 is 10.5 Å². The number of hydrogen-bond acceptors (Lipinski definition) is 4. The molecule has 19 heavy (non-hydrogen) atoms. The average molecular weight is 255 g/mol. The van der Waals surface area contributed by atoms with Crippen LogP contribution in [0.2, 0.25) is 0 Å². The van der Waals surface area contributed by atoms with E-state index < -0.39 is 0 Å². The van der Waals surface area contributed by atoms with Gasteiger partial charge in [0.2, 0.25) is 0 Å². The molecule has 1 aliphatic rings. The first-order valence-electron chi connectivity index (χ1n) is 6.54. The Morgan fingerprint density at radius 2 is 2.21 bits per heavy atom. The van der Waals surface area contributed by atoms with E-state index in [-0.39, 0.29) is 12.1 Å². The van der Waals surface area contributed by atoms with Crippen molar-refractivity contribution in [1.82, 2.24) is 9.97 Å². The molecule has 2 unspecified atom stereocenters. The molecule has 3 rings (SSSR count). The van der Waals surface area contributed by atoms with Gasteiger partial charge in [-0.15, -0.1) is 0 Å². The van der Waals surface area contributed by atoms with E-state index in [4.69, 9.17) is 10.5 Å². The normalized spacial score (nSPS) is 18.7. The van der Waals surface area contributed by atoms with E-state index in [1.165, 1.54) is 5.56 Å². The highest BCUT2D eigenvalue weighted by molar-refractivity contribution is 5.38. The molecule has 0 spiro atoms. The van der Waals surface area contributed by atoms with Crippen LogP contribution in [0.5, 0.6) is 5.75 Å². The van der Waals surface area contributed by atoms with Gasteiger partial charge in [0.15, 0.2) is 11.9 Å². The lowest BCUT2D eigenvalue weighted by Gasteiger charge is -2.11. The second kappa shape index (κ2) is 4.97. The highest BCUT2D eigenvalue weighted by Gasteiger charge is 2.26. The third kappa shape index (κ3) is 2.58. The zero-order chi connectivity index (χ0) is 13.2. The van der Waals surface area contributed by atoms with E-state index in [2.05, 4.69) is 16.0 Å². The lowest BCUT2D eigenvalue weighted by Crippen LogP contribution is -2.19. The SMILES string of the molecule is CC(N)Cc1ccnc(C2Cc3ccccc3O2)n1. The highest BCUT2D eigenvalue weighted by Crippen LogP contribution is 2.34. The van der Waals surface area contributed by atoms with Crippen LogP contribution >= 0.6 is 0 Å². The Kier molecular flexibility index (Phi) is 3.17. The molecule has 0 saturated heterocycles. The summed E-state index contributed by atoms with van der Waals surface area (Å²) in [7, 11) is 0. The van der Waals surface area contributed by atoms with E-state index in [9.17, 15) is 0 Å². The average Bonchev–Trinajstić information content (AvgIpc) is 2.82. The van der Waals surface area contributed by atoms with Gasteiger partial charge in [0.05, 0.1) is 0 Å². The second-order valence-electron chi connectivity index (χ2n) is 5.01. The zero-order valence-corrected chi connectivity index (χ0v) is 10.9. The van der Waals surface area contributed by atoms with Gasteiger partial charge in [-0.05, 0) is 24.6 Å². The second-order valence-corrected chi connectivity index (χ2v) is 5.01. The largest absolute Gasteiger partial charge is 0.482 e. The smallest absolute Gasteiger partial charge is 0.169 e. The van der Waals surface area contributed by atoms with Gasteiger partial charge >= 0.3 is 0 Å². The van der Waals surface area contributed by atoms with Crippen molar-refractivity contribution in [2.75, 3.05) is 0 Å². The Morgan fingerprint density at radius 3 is 3.00 bits per heavy atom. The van der Waals surface area contributed by atoms with Crippen LogP contribution in [0.4, 0.5) is 0 Å². The van der Waals surface area contributed by atoms with E-state index in [1.54, 1.807) is 6.20 Å². The summed E-state index contributed by atoms with van der Waals surface area (Å²) in [5, 5.41) is 0. The fourth-order valence-corrected chi connectivity index (χ4v) is 2.34. The first kappa shape index (κ1) is 12.1. The van der Waals surface area contributed by atoms with Gasteiger partial charge in [0.25, 0.3) is 0 Å². The summed E-state index contributed by atoms with van der Waals surface area (Å²) in [6.07, 6.45) is 3.30. The Balaban J connectivity index is 1.81. The number of ether oxygens (including phenoxy) is 1. The summed E-state index contributed by atoms with van der Waals surface area (Å²) in [6.45, 7) is 1.98. The molecule has 98 valence electrons. The lowest BCUT2D eigenvalue weighted by molar-refractivity contribution is 0.227. The summed E-state index contributed by atoms with van der Waals surface area (Å²) >= 11 is 0. The minimum Gasteiger partial charge on any atom is -0.482 e. The maximum absolute atomic E-state index is 5.90. The molecule has 4 heteroatoms. The van der Waals surface area contributed by atoms with Crippen LogP contribution in [0.25, 0.3) is 0 Å². The maximum atomic E-state index is 5.90. The number of para-hydroxylation sites is 1. The minimum absolute atomic E-state index is 0.0783. The first-order valence-corrected chi connectivity index (χ1v) is 6.54. The summed E-state index contributed by atoms with van der Waals surface area (Å²) in [4.78, 5) is 8.90. The predicted molar refractivity (Wildman–Crippen MR) is 72.9 cm³/mol. The van der Waals surface area contributed by atoms with E-state index >= 15 is 0 Å². The first-order chi connectivity index (χ1) is 9.22. The molecule has 4 nitrogen and oxygen atoms in total. The molecule has 2 aromatic rings. The number of nitrogens with two attached hydrogens (primary N) is 1. The van der Waals surface area contributed by atoms with E-state index in [0.29, 0.717) is 0 Å². The Hall–Kier alpha value is -1.94. The molecule has 1 aromatic heterocycles.